The highest BCUT2D eigenvalue weighted by molar-refractivity contribution is 5.42. The van der Waals surface area contributed by atoms with Crippen molar-refractivity contribution >= 4 is 11.5 Å². The molecule has 0 saturated carbocycles. The maximum Gasteiger partial charge on any atom is 0.137 e. The highest BCUT2D eigenvalue weighted by Crippen LogP contribution is 2.24. The van der Waals surface area contributed by atoms with Crippen molar-refractivity contribution in [1.29, 1.82) is 0 Å². The van der Waals surface area contributed by atoms with Crippen molar-refractivity contribution in [3.63, 3.8) is 0 Å². The molecule has 1 atom stereocenters. The SMILES string of the molecule is Cc1nc2ccccn2c1CN(C)CCNc1cc([C@H]2CCOC2)ncn1. The first-order valence-corrected chi connectivity index (χ1v) is 9.45. The molecule has 3 aromatic rings. The molecule has 0 aliphatic carbocycles. The van der Waals surface area contributed by atoms with Gasteiger partial charge in [-0.3, -0.25) is 4.90 Å². The van der Waals surface area contributed by atoms with Gasteiger partial charge in [0, 0.05) is 44.4 Å². The number of imidazole rings is 1. The van der Waals surface area contributed by atoms with Crippen LogP contribution in [0.2, 0.25) is 0 Å². The van der Waals surface area contributed by atoms with Crippen molar-refractivity contribution in [2.24, 2.45) is 0 Å². The molecule has 0 aromatic carbocycles. The maximum absolute atomic E-state index is 5.46. The monoisotopic (exact) mass is 366 g/mol. The van der Waals surface area contributed by atoms with Crippen molar-refractivity contribution in [3.8, 4) is 0 Å². The zero-order chi connectivity index (χ0) is 18.6. The molecule has 0 radical (unpaired) electrons. The second-order valence-electron chi connectivity index (χ2n) is 7.13. The topological polar surface area (TPSA) is 67.6 Å². The van der Waals surface area contributed by atoms with Gasteiger partial charge in [-0.15, -0.1) is 0 Å². The first-order valence-electron chi connectivity index (χ1n) is 9.45. The van der Waals surface area contributed by atoms with Gasteiger partial charge in [-0.1, -0.05) is 6.07 Å². The molecule has 1 N–H and O–H groups in total. The van der Waals surface area contributed by atoms with Gasteiger partial charge in [0.05, 0.1) is 23.7 Å². The number of nitrogens with zero attached hydrogens (tertiary/aromatic N) is 5. The number of pyridine rings is 1. The van der Waals surface area contributed by atoms with E-state index in [0.29, 0.717) is 5.92 Å². The molecule has 7 nitrogen and oxygen atoms in total. The van der Waals surface area contributed by atoms with Gasteiger partial charge in [0.1, 0.15) is 17.8 Å². The molecule has 142 valence electrons. The van der Waals surface area contributed by atoms with E-state index in [1.165, 1.54) is 5.69 Å². The van der Waals surface area contributed by atoms with Crippen LogP contribution in [-0.2, 0) is 11.3 Å². The van der Waals surface area contributed by atoms with Crippen LogP contribution in [0.4, 0.5) is 5.82 Å². The van der Waals surface area contributed by atoms with E-state index in [4.69, 9.17) is 4.74 Å². The molecule has 3 aromatic heterocycles. The smallest absolute Gasteiger partial charge is 0.137 e. The number of hydrogen-bond acceptors (Lipinski definition) is 6. The summed E-state index contributed by atoms with van der Waals surface area (Å²) in [6.45, 7) is 6.24. The Hall–Kier alpha value is -2.51. The zero-order valence-corrected chi connectivity index (χ0v) is 15.9. The Bertz CT molecular complexity index is 902. The molecule has 0 unspecified atom stereocenters. The standard InChI is InChI=1S/C20H26N6O/c1-15-18(26-8-4-3-5-20(26)24-15)12-25(2)9-7-21-19-11-17(22-14-23-19)16-6-10-27-13-16/h3-5,8,11,14,16H,6-7,9-10,12-13H2,1-2H3,(H,21,22,23)/t16-/m0/s1. The largest absolute Gasteiger partial charge is 0.381 e. The van der Waals surface area contributed by atoms with E-state index in [9.17, 15) is 0 Å². The normalized spacial score (nSPS) is 17.1. The van der Waals surface area contributed by atoms with Crippen LogP contribution < -0.4 is 5.32 Å². The van der Waals surface area contributed by atoms with Crippen LogP contribution in [-0.4, -0.2) is 57.6 Å². The van der Waals surface area contributed by atoms with Gasteiger partial charge in [-0.2, -0.15) is 0 Å². The third-order valence-electron chi connectivity index (χ3n) is 5.08. The molecule has 4 heterocycles. The van der Waals surface area contributed by atoms with E-state index >= 15 is 0 Å². The molecule has 7 heteroatoms. The lowest BCUT2D eigenvalue weighted by atomic mass is 10.1. The first-order chi connectivity index (χ1) is 13.2. The van der Waals surface area contributed by atoms with Crippen LogP contribution in [0, 0.1) is 6.92 Å². The summed E-state index contributed by atoms with van der Waals surface area (Å²) in [5, 5.41) is 3.41. The molecule has 1 fully saturated rings. The Morgan fingerprint density at radius 1 is 1.33 bits per heavy atom. The number of aromatic nitrogens is 4. The summed E-state index contributed by atoms with van der Waals surface area (Å²) in [6, 6.07) is 8.15. The van der Waals surface area contributed by atoms with E-state index in [0.717, 1.165) is 62.1 Å². The molecule has 1 aliphatic heterocycles. The second kappa shape index (κ2) is 8.02. The van der Waals surface area contributed by atoms with E-state index in [-0.39, 0.29) is 0 Å². The maximum atomic E-state index is 5.46. The van der Waals surface area contributed by atoms with Crippen LogP contribution in [0.1, 0.15) is 29.4 Å². The zero-order valence-electron chi connectivity index (χ0n) is 15.9. The lowest BCUT2D eigenvalue weighted by Crippen LogP contribution is -2.26. The number of ether oxygens (including phenoxy) is 1. The molecular weight excluding hydrogens is 340 g/mol. The fraction of sp³-hybridized carbons (Fsp3) is 0.450. The average molecular weight is 366 g/mol. The Morgan fingerprint density at radius 2 is 2.26 bits per heavy atom. The number of anilines is 1. The van der Waals surface area contributed by atoms with Crippen LogP contribution >= 0.6 is 0 Å². The molecular formula is C20H26N6O. The van der Waals surface area contributed by atoms with Crippen molar-refractivity contribution in [1.82, 2.24) is 24.3 Å². The predicted molar refractivity (Wildman–Crippen MR) is 105 cm³/mol. The average Bonchev–Trinajstić information content (AvgIpc) is 3.31. The summed E-state index contributed by atoms with van der Waals surface area (Å²) in [5.41, 5.74) is 4.39. The van der Waals surface area contributed by atoms with Crippen molar-refractivity contribution in [3.05, 3.63) is 53.9 Å². The van der Waals surface area contributed by atoms with E-state index in [2.05, 4.69) is 49.7 Å². The van der Waals surface area contributed by atoms with Gasteiger partial charge in [0.25, 0.3) is 0 Å². The summed E-state index contributed by atoms with van der Waals surface area (Å²) in [4.78, 5) is 15.7. The molecule has 0 spiro atoms. The molecule has 0 bridgehead atoms. The summed E-state index contributed by atoms with van der Waals surface area (Å²) in [5.74, 6) is 1.28. The lowest BCUT2D eigenvalue weighted by molar-refractivity contribution is 0.193. The summed E-state index contributed by atoms with van der Waals surface area (Å²) >= 11 is 0. The third kappa shape index (κ3) is 4.09. The summed E-state index contributed by atoms with van der Waals surface area (Å²) < 4.78 is 7.63. The van der Waals surface area contributed by atoms with Crippen LogP contribution in [0.25, 0.3) is 5.65 Å². The highest BCUT2D eigenvalue weighted by Gasteiger charge is 2.19. The Labute approximate surface area is 159 Å². The minimum atomic E-state index is 0.398. The molecule has 1 saturated heterocycles. The van der Waals surface area contributed by atoms with Crippen molar-refractivity contribution in [2.45, 2.75) is 25.8 Å². The van der Waals surface area contributed by atoms with E-state index < -0.39 is 0 Å². The van der Waals surface area contributed by atoms with Crippen LogP contribution in [0.5, 0.6) is 0 Å². The van der Waals surface area contributed by atoms with Gasteiger partial charge in [-0.05, 0) is 32.5 Å². The Kier molecular flexibility index (Phi) is 5.31. The first kappa shape index (κ1) is 17.9. The molecule has 1 aliphatic rings. The second-order valence-corrected chi connectivity index (χ2v) is 7.13. The Balaban J connectivity index is 1.32. The number of hydrogen-bond donors (Lipinski definition) is 1. The van der Waals surface area contributed by atoms with E-state index in [1.807, 2.05) is 24.3 Å². The number of rotatable bonds is 7. The number of aryl methyl sites for hydroxylation is 1. The molecule has 0 amide bonds. The van der Waals surface area contributed by atoms with Crippen molar-refractivity contribution < 1.29 is 4.74 Å². The molecule has 27 heavy (non-hydrogen) atoms. The minimum Gasteiger partial charge on any atom is -0.381 e. The summed E-state index contributed by atoms with van der Waals surface area (Å²) in [6.07, 6.45) is 4.76. The van der Waals surface area contributed by atoms with Crippen LogP contribution in [0.15, 0.2) is 36.8 Å². The Morgan fingerprint density at radius 3 is 3.11 bits per heavy atom. The van der Waals surface area contributed by atoms with Gasteiger partial charge >= 0.3 is 0 Å². The predicted octanol–water partition coefficient (Wildman–Crippen LogP) is 2.48. The quantitative estimate of drug-likeness (QED) is 0.693. The summed E-state index contributed by atoms with van der Waals surface area (Å²) in [7, 11) is 2.13. The van der Waals surface area contributed by atoms with E-state index in [1.54, 1.807) is 6.33 Å². The fourth-order valence-electron chi connectivity index (χ4n) is 3.52. The minimum absolute atomic E-state index is 0.398. The van der Waals surface area contributed by atoms with Crippen molar-refractivity contribution in [2.75, 3.05) is 38.7 Å². The van der Waals surface area contributed by atoms with Gasteiger partial charge < -0.3 is 14.5 Å². The third-order valence-corrected chi connectivity index (χ3v) is 5.08. The number of nitrogens with one attached hydrogen (secondary N) is 1. The van der Waals surface area contributed by atoms with Crippen LogP contribution in [0.3, 0.4) is 0 Å². The van der Waals surface area contributed by atoms with Gasteiger partial charge in [-0.25, -0.2) is 15.0 Å². The lowest BCUT2D eigenvalue weighted by Gasteiger charge is -2.17. The number of likely N-dealkylation sites (N-methyl/N-ethyl adjacent to an activating group) is 1. The molecule has 4 rings (SSSR count). The highest BCUT2D eigenvalue weighted by atomic mass is 16.5. The number of fused-ring (bicyclic) bond motifs is 1. The van der Waals surface area contributed by atoms with Gasteiger partial charge in [0.2, 0.25) is 0 Å². The fourth-order valence-corrected chi connectivity index (χ4v) is 3.52. The van der Waals surface area contributed by atoms with Gasteiger partial charge in [0.15, 0.2) is 0 Å².